The molecule has 0 saturated carbocycles. The van der Waals surface area contributed by atoms with Crippen LogP contribution < -0.4 is 25.4 Å². The number of thiazole rings is 1. The molecule has 9 nitrogen and oxygen atoms in total. The lowest BCUT2D eigenvalue weighted by molar-refractivity contribution is 0.107. The summed E-state index contributed by atoms with van der Waals surface area (Å²) in [5, 5.41) is 4.23. The summed E-state index contributed by atoms with van der Waals surface area (Å²) in [6.45, 7) is 2.38. The molecule has 230 valence electrons. The van der Waals surface area contributed by atoms with Crippen LogP contribution in [0.2, 0.25) is 5.02 Å². The number of halogens is 4. The van der Waals surface area contributed by atoms with Gasteiger partial charge in [0.2, 0.25) is 0 Å². The Kier molecular flexibility index (Phi) is 5.99. The average molecular weight is 644 g/mol. The maximum atomic E-state index is 17.0. The fourth-order valence-corrected chi connectivity index (χ4v) is 9.32. The minimum atomic E-state index is -0.910. The number of fused-ring (bicyclic) bond motifs is 7. The van der Waals surface area contributed by atoms with E-state index in [0.29, 0.717) is 37.3 Å². The third-order valence-electron chi connectivity index (χ3n) is 10.2. The maximum absolute atomic E-state index is 17.0. The number of ether oxygens (including phenoxy) is 2. The van der Waals surface area contributed by atoms with E-state index < -0.39 is 23.3 Å². The Morgan fingerprint density at radius 3 is 2.95 bits per heavy atom. The Morgan fingerprint density at radius 2 is 2.07 bits per heavy atom. The van der Waals surface area contributed by atoms with Gasteiger partial charge in [-0.15, -0.1) is 0 Å². The van der Waals surface area contributed by atoms with Gasteiger partial charge in [0.25, 0.3) is 0 Å². The topological polar surface area (TPSA) is 102 Å². The lowest BCUT2D eigenvalue weighted by Crippen LogP contribution is -2.60. The number of nitrogens with two attached hydrogens (primary N) is 1. The molecule has 0 aliphatic carbocycles. The highest BCUT2D eigenvalue weighted by Crippen LogP contribution is 2.51. The molecule has 9 rings (SSSR count). The largest absolute Gasteiger partial charge is 0.489 e. The van der Waals surface area contributed by atoms with Crippen LogP contribution in [-0.4, -0.2) is 82.5 Å². The zero-order valence-electron chi connectivity index (χ0n) is 23.6. The number of anilines is 2. The van der Waals surface area contributed by atoms with Crippen LogP contribution in [0.15, 0.2) is 12.1 Å². The molecule has 4 fully saturated rings. The van der Waals surface area contributed by atoms with Crippen molar-refractivity contribution in [2.24, 2.45) is 0 Å². The first-order chi connectivity index (χ1) is 21.3. The highest BCUT2D eigenvalue weighted by Gasteiger charge is 2.50. The van der Waals surface area contributed by atoms with Crippen LogP contribution >= 0.6 is 22.9 Å². The van der Waals surface area contributed by atoms with Crippen molar-refractivity contribution < 1.29 is 22.6 Å². The van der Waals surface area contributed by atoms with Crippen molar-refractivity contribution in [3.8, 4) is 22.9 Å². The zero-order valence-corrected chi connectivity index (χ0v) is 25.2. The van der Waals surface area contributed by atoms with Crippen LogP contribution in [0.4, 0.5) is 24.1 Å². The van der Waals surface area contributed by atoms with E-state index >= 15 is 4.39 Å². The molecule has 2 aromatic heterocycles. The fraction of sp³-hybridized carbons (Fsp3) is 0.500. The van der Waals surface area contributed by atoms with Crippen molar-refractivity contribution in [2.45, 2.75) is 61.9 Å². The number of benzene rings is 2. The van der Waals surface area contributed by atoms with Crippen molar-refractivity contribution in [3.05, 3.63) is 28.8 Å². The molecule has 4 aromatic rings. The van der Waals surface area contributed by atoms with E-state index in [1.807, 2.05) is 0 Å². The van der Waals surface area contributed by atoms with Crippen LogP contribution in [-0.2, 0) is 0 Å². The highest BCUT2D eigenvalue weighted by atomic mass is 35.5. The summed E-state index contributed by atoms with van der Waals surface area (Å²) in [7, 11) is 0. The van der Waals surface area contributed by atoms with Gasteiger partial charge in [0, 0.05) is 42.7 Å². The van der Waals surface area contributed by atoms with Crippen molar-refractivity contribution in [1.29, 1.82) is 0 Å². The first-order valence-corrected chi connectivity index (χ1v) is 16.2. The minimum Gasteiger partial charge on any atom is -0.489 e. The number of aromatic nitrogens is 3. The quantitative estimate of drug-likeness (QED) is 0.315. The highest BCUT2D eigenvalue weighted by molar-refractivity contribution is 7.22. The van der Waals surface area contributed by atoms with E-state index in [9.17, 15) is 8.78 Å². The lowest BCUT2D eigenvalue weighted by atomic mass is 9.95. The molecule has 4 saturated heterocycles. The van der Waals surface area contributed by atoms with E-state index in [-0.39, 0.29) is 73.5 Å². The molecular weight excluding hydrogens is 615 g/mol. The molecule has 14 heteroatoms. The van der Waals surface area contributed by atoms with E-state index in [1.54, 1.807) is 0 Å². The molecule has 5 aliphatic heterocycles. The molecule has 1 unspecified atom stereocenters. The Labute approximate surface area is 259 Å². The third kappa shape index (κ3) is 3.88. The molecule has 5 aliphatic rings. The lowest BCUT2D eigenvalue weighted by Gasteiger charge is -2.40. The van der Waals surface area contributed by atoms with Gasteiger partial charge >= 0.3 is 6.01 Å². The number of nitrogens with one attached hydrogen (secondary N) is 1. The number of hydrogen-bond donors (Lipinski definition) is 2. The summed E-state index contributed by atoms with van der Waals surface area (Å²) in [6.07, 6.45) is 3.28. The molecule has 44 heavy (non-hydrogen) atoms. The molecule has 5 atom stereocenters. The second-order valence-corrected chi connectivity index (χ2v) is 14.1. The van der Waals surface area contributed by atoms with Crippen molar-refractivity contribution in [3.63, 3.8) is 0 Å². The second-order valence-electron chi connectivity index (χ2n) is 12.7. The molecule has 2 aromatic carbocycles. The molecule has 7 heterocycles. The summed E-state index contributed by atoms with van der Waals surface area (Å²) in [5.74, 6) is -0.451. The van der Waals surface area contributed by atoms with Gasteiger partial charge < -0.3 is 25.4 Å². The number of rotatable bonds is 4. The third-order valence-corrected chi connectivity index (χ3v) is 11.4. The van der Waals surface area contributed by atoms with E-state index in [1.165, 1.54) is 12.1 Å². The van der Waals surface area contributed by atoms with Gasteiger partial charge in [-0.2, -0.15) is 9.97 Å². The molecule has 0 radical (unpaired) electrons. The van der Waals surface area contributed by atoms with Crippen LogP contribution in [0, 0.1) is 11.6 Å². The Hall–Kier alpha value is -3.13. The SMILES string of the molecule is Nc1nc2c(-c3c(Cl)c4c5c(nc(OC[C@@]67CCCN6CC(F)C7)nc5c3F)N3C[C@H]5CC[C@H](N5)[C@H]3CO4)ccc(F)c2s1. The van der Waals surface area contributed by atoms with Gasteiger partial charge in [0.05, 0.1) is 32.2 Å². The van der Waals surface area contributed by atoms with Gasteiger partial charge in [-0.25, -0.2) is 18.2 Å². The Bertz CT molecular complexity index is 1860. The maximum Gasteiger partial charge on any atom is 0.319 e. The zero-order chi connectivity index (χ0) is 29.9. The van der Waals surface area contributed by atoms with Crippen molar-refractivity contribution >= 4 is 55.0 Å². The summed E-state index contributed by atoms with van der Waals surface area (Å²) < 4.78 is 59.1. The van der Waals surface area contributed by atoms with Gasteiger partial charge in [-0.05, 0) is 44.4 Å². The monoisotopic (exact) mass is 643 g/mol. The first-order valence-electron chi connectivity index (χ1n) is 15.0. The van der Waals surface area contributed by atoms with Crippen LogP contribution in [0.5, 0.6) is 11.8 Å². The average Bonchev–Trinajstić information content (AvgIpc) is 3.73. The number of nitrogens with zero attached hydrogens (tertiary/aromatic N) is 5. The standard InChI is InChI=1S/C30H29ClF3N7O2S/c31-21-19(15-3-4-16(33)26-23(15)37-28(35)44-26)22(34)24-20-25(21)42-11-18-17-5-2-14(36-17)10-41(18)27(20)39-29(38-24)43-12-30-6-1-7-40(30)9-13(32)8-30/h3-4,13-14,17-18,36H,1-2,5-12H2,(H2,35,37)/t13?,14-,17+,18-,30+/m1/s1. The van der Waals surface area contributed by atoms with Crippen LogP contribution in [0.3, 0.4) is 0 Å². The van der Waals surface area contributed by atoms with E-state index in [4.69, 9.17) is 31.8 Å². The van der Waals surface area contributed by atoms with Gasteiger partial charge in [0.15, 0.2) is 16.7 Å². The molecular formula is C30H29ClF3N7O2S. The van der Waals surface area contributed by atoms with Crippen molar-refractivity contribution in [2.75, 3.05) is 43.5 Å². The fourth-order valence-electron chi connectivity index (χ4n) is 8.23. The second kappa shape index (κ2) is 9.68. The number of piperazine rings is 1. The molecule has 3 N–H and O–H groups in total. The summed E-state index contributed by atoms with van der Waals surface area (Å²) in [6, 6.07) is 3.08. The molecule has 0 spiro atoms. The summed E-state index contributed by atoms with van der Waals surface area (Å²) in [5.41, 5.74) is 5.99. The van der Waals surface area contributed by atoms with Gasteiger partial charge in [0.1, 0.15) is 36.5 Å². The Balaban J connectivity index is 1.24. The van der Waals surface area contributed by atoms with E-state index in [0.717, 1.165) is 43.6 Å². The van der Waals surface area contributed by atoms with E-state index in [2.05, 4.69) is 25.1 Å². The number of nitrogen functional groups attached to an aromatic ring is 1. The van der Waals surface area contributed by atoms with Crippen molar-refractivity contribution in [1.82, 2.24) is 25.2 Å². The summed E-state index contributed by atoms with van der Waals surface area (Å²) in [4.78, 5) is 18.1. The number of alkyl halides is 1. The van der Waals surface area contributed by atoms with Crippen LogP contribution in [0.25, 0.3) is 32.2 Å². The predicted octanol–water partition coefficient (Wildman–Crippen LogP) is 5.08. The predicted molar refractivity (Wildman–Crippen MR) is 163 cm³/mol. The van der Waals surface area contributed by atoms with Gasteiger partial charge in [-0.1, -0.05) is 22.9 Å². The van der Waals surface area contributed by atoms with Crippen LogP contribution in [0.1, 0.15) is 32.1 Å². The molecule has 0 amide bonds. The number of hydrogen-bond acceptors (Lipinski definition) is 10. The Morgan fingerprint density at radius 1 is 1.18 bits per heavy atom. The molecule has 2 bridgehead atoms. The smallest absolute Gasteiger partial charge is 0.319 e. The van der Waals surface area contributed by atoms with Gasteiger partial charge in [-0.3, -0.25) is 4.90 Å². The first kappa shape index (κ1) is 27.2. The summed E-state index contributed by atoms with van der Waals surface area (Å²) >= 11 is 8.00. The normalized spacial score (nSPS) is 29.2. The minimum absolute atomic E-state index is 0.00351.